The molecule has 1 rings (SSSR count). The van der Waals surface area contributed by atoms with Crippen LogP contribution in [-0.2, 0) is 4.74 Å². The van der Waals surface area contributed by atoms with Crippen LogP contribution in [0.5, 0.6) is 11.5 Å². The Morgan fingerprint density at radius 2 is 1.69 bits per heavy atom. The SMILES string of the molecule is COC(=N)c1cc(O)cc(O)c1.Cl. The van der Waals surface area contributed by atoms with E-state index in [1.54, 1.807) is 0 Å². The molecule has 13 heavy (non-hydrogen) atoms. The number of hydrogen-bond donors (Lipinski definition) is 3. The van der Waals surface area contributed by atoms with Crippen LogP contribution in [0.3, 0.4) is 0 Å². The minimum absolute atomic E-state index is 0. The summed E-state index contributed by atoms with van der Waals surface area (Å²) in [6.45, 7) is 0. The number of methoxy groups -OCH3 is 1. The van der Waals surface area contributed by atoms with Crippen molar-refractivity contribution in [2.24, 2.45) is 0 Å². The molecule has 72 valence electrons. The number of phenolic OH excluding ortho intramolecular Hbond substituents is 2. The highest BCUT2D eigenvalue weighted by atomic mass is 35.5. The van der Waals surface area contributed by atoms with Gasteiger partial charge in [0.15, 0.2) is 0 Å². The molecule has 0 saturated carbocycles. The topological polar surface area (TPSA) is 73.5 Å². The molecular weight excluding hydrogens is 194 g/mol. The number of hydrogen-bond acceptors (Lipinski definition) is 4. The van der Waals surface area contributed by atoms with E-state index < -0.39 is 0 Å². The van der Waals surface area contributed by atoms with E-state index in [0.29, 0.717) is 5.56 Å². The molecule has 0 spiro atoms. The summed E-state index contributed by atoms with van der Waals surface area (Å²) in [7, 11) is 1.35. The molecule has 0 saturated heterocycles. The summed E-state index contributed by atoms with van der Waals surface area (Å²) in [4.78, 5) is 0. The summed E-state index contributed by atoms with van der Waals surface area (Å²) in [6.07, 6.45) is 0. The van der Waals surface area contributed by atoms with E-state index in [-0.39, 0.29) is 29.8 Å². The van der Waals surface area contributed by atoms with Crippen LogP contribution in [0.1, 0.15) is 5.56 Å². The first-order chi connectivity index (χ1) is 5.63. The maximum atomic E-state index is 9.03. The Kier molecular flexibility index (Phi) is 4.07. The third-order valence-corrected chi connectivity index (χ3v) is 1.37. The third kappa shape index (κ3) is 2.83. The molecule has 0 atom stereocenters. The lowest BCUT2D eigenvalue weighted by Gasteiger charge is -2.03. The van der Waals surface area contributed by atoms with Crippen LogP contribution >= 0.6 is 12.4 Å². The summed E-state index contributed by atoms with van der Waals surface area (Å²) < 4.78 is 4.61. The van der Waals surface area contributed by atoms with E-state index in [0.717, 1.165) is 0 Å². The highest BCUT2D eigenvalue weighted by molar-refractivity contribution is 5.92. The molecule has 0 aliphatic heterocycles. The maximum Gasteiger partial charge on any atom is 0.213 e. The fourth-order valence-electron chi connectivity index (χ4n) is 0.844. The van der Waals surface area contributed by atoms with Gasteiger partial charge in [-0.3, -0.25) is 5.41 Å². The van der Waals surface area contributed by atoms with Crippen molar-refractivity contribution in [3.05, 3.63) is 23.8 Å². The molecule has 4 nitrogen and oxygen atoms in total. The van der Waals surface area contributed by atoms with Crippen LogP contribution in [0.4, 0.5) is 0 Å². The van der Waals surface area contributed by atoms with Gasteiger partial charge in [0.25, 0.3) is 0 Å². The van der Waals surface area contributed by atoms with E-state index in [2.05, 4.69) is 4.74 Å². The first-order valence-electron chi connectivity index (χ1n) is 3.29. The highest BCUT2D eigenvalue weighted by Crippen LogP contribution is 2.20. The van der Waals surface area contributed by atoms with Crippen LogP contribution in [0.15, 0.2) is 18.2 Å². The predicted molar refractivity (Wildman–Crippen MR) is 50.9 cm³/mol. The summed E-state index contributed by atoms with van der Waals surface area (Å²) >= 11 is 0. The molecule has 5 heteroatoms. The third-order valence-electron chi connectivity index (χ3n) is 1.37. The van der Waals surface area contributed by atoms with Gasteiger partial charge in [0, 0.05) is 11.6 Å². The number of aromatic hydroxyl groups is 2. The van der Waals surface area contributed by atoms with Gasteiger partial charge in [0.2, 0.25) is 5.90 Å². The molecule has 0 aliphatic carbocycles. The molecule has 1 aromatic rings. The second-order valence-corrected chi connectivity index (χ2v) is 2.27. The van der Waals surface area contributed by atoms with Crippen LogP contribution in [0.25, 0.3) is 0 Å². The average Bonchev–Trinajstić information content (AvgIpc) is 2.01. The Labute approximate surface area is 81.7 Å². The van der Waals surface area contributed by atoms with E-state index >= 15 is 0 Å². The smallest absolute Gasteiger partial charge is 0.213 e. The summed E-state index contributed by atoms with van der Waals surface area (Å²) in [5.74, 6) is -0.278. The predicted octanol–water partition coefficient (Wildman–Crippen LogP) is 1.49. The second kappa shape index (κ2) is 4.57. The van der Waals surface area contributed by atoms with Crippen LogP contribution in [0.2, 0.25) is 0 Å². The van der Waals surface area contributed by atoms with Crippen LogP contribution < -0.4 is 0 Å². The summed E-state index contributed by atoms with van der Waals surface area (Å²) in [5, 5.41) is 25.3. The van der Waals surface area contributed by atoms with E-state index in [1.807, 2.05) is 0 Å². The van der Waals surface area contributed by atoms with Crippen LogP contribution in [0, 0.1) is 5.41 Å². The van der Waals surface area contributed by atoms with Gasteiger partial charge < -0.3 is 14.9 Å². The molecular formula is C8H10ClNO3. The monoisotopic (exact) mass is 203 g/mol. The number of ether oxygens (including phenoxy) is 1. The van der Waals surface area contributed by atoms with Crippen molar-refractivity contribution < 1.29 is 14.9 Å². The van der Waals surface area contributed by atoms with Crippen molar-refractivity contribution in [1.82, 2.24) is 0 Å². The van der Waals surface area contributed by atoms with Crippen molar-refractivity contribution in [3.8, 4) is 11.5 Å². The minimum Gasteiger partial charge on any atom is -0.508 e. The molecule has 0 unspecified atom stereocenters. The van der Waals surface area contributed by atoms with E-state index in [9.17, 15) is 0 Å². The normalized spacial score (nSPS) is 8.69. The van der Waals surface area contributed by atoms with Crippen molar-refractivity contribution in [3.63, 3.8) is 0 Å². The number of nitrogens with one attached hydrogen (secondary N) is 1. The molecule has 3 N–H and O–H groups in total. The molecule has 0 radical (unpaired) electrons. The van der Waals surface area contributed by atoms with Crippen molar-refractivity contribution in [1.29, 1.82) is 5.41 Å². The van der Waals surface area contributed by atoms with Gasteiger partial charge in [-0.1, -0.05) is 0 Å². The van der Waals surface area contributed by atoms with Gasteiger partial charge in [0.05, 0.1) is 7.11 Å². The second-order valence-electron chi connectivity index (χ2n) is 2.27. The van der Waals surface area contributed by atoms with Gasteiger partial charge in [-0.25, -0.2) is 0 Å². The summed E-state index contributed by atoms with van der Waals surface area (Å²) in [5.41, 5.74) is 0.343. The highest BCUT2D eigenvalue weighted by Gasteiger charge is 2.03. The first kappa shape index (κ1) is 11.6. The zero-order valence-corrected chi connectivity index (χ0v) is 7.76. The lowest BCUT2D eigenvalue weighted by molar-refractivity contribution is 0.399. The quantitative estimate of drug-likeness (QED) is 0.478. The molecule has 0 amide bonds. The molecule has 0 fully saturated rings. The van der Waals surface area contributed by atoms with E-state index in [4.69, 9.17) is 15.6 Å². The van der Waals surface area contributed by atoms with Gasteiger partial charge in [-0.2, -0.15) is 0 Å². The molecule has 0 bridgehead atoms. The fraction of sp³-hybridized carbons (Fsp3) is 0.125. The Morgan fingerprint density at radius 3 is 2.08 bits per heavy atom. The molecule has 0 heterocycles. The zero-order valence-electron chi connectivity index (χ0n) is 6.94. The van der Waals surface area contributed by atoms with E-state index in [1.165, 1.54) is 25.3 Å². The van der Waals surface area contributed by atoms with Crippen molar-refractivity contribution >= 4 is 18.3 Å². The van der Waals surface area contributed by atoms with Gasteiger partial charge in [0.1, 0.15) is 11.5 Å². The lowest BCUT2D eigenvalue weighted by Crippen LogP contribution is -2.00. The largest absolute Gasteiger partial charge is 0.508 e. The Morgan fingerprint density at radius 1 is 1.23 bits per heavy atom. The Hall–Kier alpha value is -1.42. The zero-order chi connectivity index (χ0) is 9.14. The fourth-order valence-corrected chi connectivity index (χ4v) is 0.844. The molecule has 1 aromatic carbocycles. The van der Waals surface area contributed by atoms with Gasteiger partial charge >= 0.3 is 0 Å². The number of halogens is 1. The van der Waals surface area contributed by atoms with Crippen LogP contribution in [-0.4, -0.2) is 23.2 Å². The number of phenols is 2. The standard InChI is InChI=1S/C8H9NO3.ClH/c1-12-8(9)5-2-6(10)4-7(11)3-5;/h2-4,9-11H,1H3;1H. The Balaban J connectivity index is 0.00000144. The van der Waals surface area contributed by atoms with Crippen molar-refractivity contribution in [2.75, 3.05) is 7.11 Å². The number of benzene rings is 1. The first-order valence-corrected chi connectivity index (χ1v) is 3.29. The van der Waals surface area contributed by atoms with Gasteiger partial charge in [-0.05, 0) is 12.1 Å². The maximum absolute atomic E-state index is 9.03. The lowest BCUT2D eigenvalue weighted by atomic mass is 10.2. The molecule has 0 aromatic heterocycles. The Bertz CT molecular complexity index is 294. The minimum atomic E-state index is -0.0961. The molecule has 0 aliphatic rings. The number of rotatable bonds is 1. The van der Waals surface area contributed by atoms with Gasteiger partial charge in [-0.15, -0.1) is 12.4 Å². The summed E-state index contributed by atoms with van der Waals surface area (Å²) in [6, 6.07) is 3.86. The van der Waals surface area contributed by atoms with Crippen molar-refractivity contribution in [2.45, 2.75) is 0 Å². The average molecular weight is 204 g/mol.